The standard InChI is InChI=1S/C11H19N3OS/c1-8-3-5-11(15,6-4-8)7-12-10-14-13-9(2)16-10/h8,15H,3-7H2,1-2H3,(H,12,14). The van der Waals surface area contributed by atoms with E-state index in [0.717, 1.165) is 41.7 Å². The second kappa shape index (κ2) is 4.67. The lowest BCUT2D eigenvalue weighted by Gasteiger charge is -2.34. The van der Waals surface area contributed by atoms with Crippen molar-refractivity contribution in [3.05, 3.63) is 5.01 Å². The Kier molecular flexibility index (Phi) is 3.44. The number of nitrogens with one attached hydrogen (secondary N) is 1. The Bertz CT molecular complexity index is 345. The summed E-state index contributed by atoms with van der Waals surface area (Å²) < 4.78 is 0. The third-order valence-corrected chi connectivity index (χ3v) is 4.10. The quantitative estimate of drug-likeness (QED) is 0.851. The fourth-order valence-corrected chi connectivity index (χ4v) is 2.67. The maximum Gasteiger partial charge on any atom is 0.205 e. The Morgan fingerprint density at radius 3 is 2.69 bits per heavy atom. The summed E-state index contributed by atoms with van der Waals surface area (Å²) in [6.07, 6.45) is 4.01. The SMILES string of the molecule is Cc1nnc(NCC2(O)CCC(C)CC2)s1. The molecule has 1 aromatic rings. The van der Waals surface area contributed by atoms with Crippen molar-refractivity contribution in [3.63, 3.8) is 0 Å². The number of anilines is 1. The lowest BCUT2D eigenvalue weighted by molar-refractivity contribution is 0.00500. The molecule has 2 N–H and O–H groups in total. The highest BCUT2D eigenvalue weighted by atomic mass is 32.1. The zero-order valence-corrected chi connectivity index (χ0v) is 10.7. The molecule has 0 amide bonds. The Balaban J connectivity index is 1.85. The van der Waals surface area contributed by atoms with Gasteiger partial charge in [-0.25, -0.2) is 0 Å². The average molecular weight is 241 g/mol. The van der Waals surface area contributed by atoms with Crippen molar-refractivity contribution in [2.45, 2.75) is 45.1 Å². The Morgan fingerprint density at radius 1 is 1.44 bits per heavy atom. The van der Waals surface area contributed by atoms with Crippen LogP contribution in [-0.2, 0) is 0 Å². The molecule has 5 heteroatoms. The topological polar surface area (TPSA) is 58.0 Å². The van der Waals surface area contributed by atoms with Crippen molar-refractivity contribution in [1.29, 1.82) is 0 Å². The second-order valence-electron chi connectivity index (χ2n) is 4.89. The van der Waals surface area contributed by atoms with E-state index < -0.39 is 5.60 Å². The van der Waals surface area contributed by atoms with E-state index in [0.29, 0.717) is 6.54 Å². The summed E-state index contributed by atoms with van der Waals surface area (Å²) in [6.45, 7) is 4.77. The molecule has 16 heavy (non-hydrogen) atoms. The van der Waals surface area contributed by atoms with E-state index in [1.807, 2.05) is 6.92 Å². The van der Waals surface area contributed by atoms with Crippen LogP contribution in [0.15, 0.2) is 0 Å². The van der Waals surface area contributed by atoms with E-state index in [9.17, 15) is 5.11 Å². The molecular weight excluding hydrogens is 222 g/mol. The maximum absolute atomic E-state index is 10.4. The van der Waals surface area contributed by atoms with Crippen molar-refractivity contribution in [3.8, 4) is 0 Å². The first-order valence-corrected chi connectivity index (χ1v) is 6.65. The van der Waals surface area contributed by atoms with Gasteiger partial charge in [0.2, 0.25) is 5.13 Å². The molecule has 0 saturated heterocycles. The molecule has 90 valence electrons. The summed E-state index contributed by atoms with van der Waals surface area (Å²) in [7, 11) is 0. The number of aromatic nitrogens is 2. The highest BCUT2D eigenvalue weighted by Gasteiger charge is 2.31. The monoisotopic (exact) mass is 241 g/mol. The normalized spacial score (nSPS) is 30.3. The number of rotatable bonds is 3. The minimum absolute atomic E-state index is 0.550. The van der Waals surface area contributed by atoms with E-state index >= 15 is 0 Å². The van der Waals surface area contributed by atoms with Gasteiger partial charge in [0, 0.05) is 6.54 Å². The highest BCUT2D eigenvalue weighted by molar-refractivity contribution is 7.15. The van der Waals surface area contributed by atoms with Gasteiger partial charge in [-0.3, -0.25) is 0 Å². The van der Waals surface area contributed by atoms with Crippen LogP contribution < -0.4 is 5.32 Å². The van der Waals surface area contributed by atoms with Crippen molar-refractivity contribution in [2.75, 3.05) is 11.9 Å². The van der Waals surface area contributed by atoms with Crippen LogP contribution >= 0.6 is 11.3 Å². The molecule has 1 aliphatic carbocycles. The van der Waals surface area contributed by atoms with Crippen LogP contribution in [0.4, 0.5) is 5.13 Å². The van der Waals surface area contributed by atoms with Crippen LogP contribution in [0.25, 0.3) is 0 Å². The van der Waals surface area contributed by atoms with E-state index in [1.165, 1.54) is 11.3 Å². The van der Waals surface area contributed by atoms with Crippen molar-refractivity contribution >= 4 is 16.5 Å². The van der Waals surface area contributed by atoms with E-state index in [4.69, 9.17) is 0 Å². The second-order valence-corrected chi connectivity index (χ2v) is 6.07. The lowest BCUT2D eigenvalue weighted by atomic mass is 9.79. The number of hydrogen-bond acceptors (Lipinski definition) is 5. The van der Waals surface area contributed by atoms with Gasteiger partial charge < -0.3 is 10.4 Å². The van der Waals surface area contributed by atoms with Gasteiger partial charge in [-0.15, -0.1) is 10.2 Å². The van der Waals surface area contributed by atoms with Crippen molar-refractivity contribution in [1.82, 2.24) is 10.2 Å². The molecule has 0 aromatic carbocycles. The minimum Gasteiger partial charge on any atom is -0.388 e. The molecule has 0 radical (unpaired) electrons. The van der Waals surface area contributed by atoms with Crippen LogP contribution in [0.2, 0.25) is 0 Å². The largest absolute Gasteiger partial charge is 0.388 e. The van der Waals surface area contributed by atoms with Crippen LogP contribution in [0, 0.1) is 12.8 Å². The Labute approximate surface area is 100 Å². The summed E-state index contributed by atoms with van der Waals surface area (Å²) in [5.74, 6) is 0.754. The molecule has 4 nitrogen and oxygen atoms in total. The Hall–Kier alpha value is -0.680. The Morgan fingerprint density at radius 2 is 2.12 bits per heavy atom. The molecule has 1 saturated carbocycles. The van der Waals surface area contributed by atoms with E-state index in [2.05, 4.69) is 22.4 Å². The summed E-state index contributed by atoms with van der Waals surface area (Å²) in [5, 5.41) is 23.2. The lowest BCUT2D eigenvalue weighted by Crippen LogP contribution is -2.40. The maximum atomic E-state index is 10.4. The number of nitrogens with zero attached hydrogens (tertiary/aromatic N) is 2. The van der Waals surface area contributed by atoms with Gasteiger partial charge in [0.05, 0.1) is 5.60 Å². The third kappa shape index (κ3) is 2.92. The first-order chi connectivity index (χ1) is 7.57. The average Bonchev–Trinajstić information content (AvgIpc) is 2.67. The molecule has 1 fully saturated rings. The van der Waals surface area contributed by atoms with Crippen LogP contribution in [0.5, 0.6) is 0 Å². The number of hydrogen-bond donors (Lipinski definition) is 2. The van der Waals surface area contributed by atoms with Gasteiger partial charge in [-0.1, -0.05) is 18.3 Å². The van der Waals surface area contributed by atoms with E-state index in [-0.39, 0.29) is 0 Å². The van der Waals surface area contributed by atoms with Gasteiger partial charge in [0.1, 0.15) is 5.01 Å². The third-order valence-electron chi connectivity index (χ3n) is 3.30. The summed E-state index contributed by atoms with van der Waals surface area (Å²) in [4.78, 5) is 0. The molecule has 0 bridgehead atoms. The number of aryl methyl sites for hydroxylation is 1. The van der Waals surface area contributed by atoms with Gasteiger partial charge >= 0.3 is 0 Å². The first-order valence-electron chi connectivity index (χ1n) is 5.84. The minimum atomic E-state index is -0.550. The predicted octanol–water partition coefficient (Wildman–Crippen LogP) is 2.20. The molecule has 1 heterocycles. The molecule has 0 aliphatic heterocycles. The summed E-state index contributed by atoms with van der Waals surface area (Å²) in [6, 6.07) is 0. The zero-order chi connectivity index (χ0) is 11.6. The van der Waals surface area contributed by atoms with Crippen molar-refractivity contribution in [2.24, 2.45) is 5.92 Å². The van der Waals surface area contributed by atoms with Crippen molar-refractivity contribution < 1.29 is 5.11 Å². The van der Waals surface area contributed by atoms with Gasteiger partial charge in [0.15, 0.2) is 0 Å². The van der Waals surface area contributed by atoms with Crippen LogP contribution in [-0.4, -0.2) is 27.4 Å². The number of aliphatic hydroxyl groups is 1. The summed E-state index contributed by atoms with van der Waals surface area (Å²) >= 11 is 1.53. The molecule has 0 atom stereocenters. The molecule has 1 aliphatic rings. The molecular formula is C11H19N3OS. The predicted molar refractivity (Wildman–Crippen MR) is 65.7 cm³/mol. The zero-order valence-electron chi connectivity index (χ0n) is 9.86. The molecule has 2 rings (SSSR count). The fourth-order valence-electron chi connectivity index (χ4n) is 2.08. The van der Waals surface area contributed by atoms with Crippen LogP contribution in [0.3, 0.4) is 0 Å². The molecule has 0 spiro atoms. The summed E-state index contributed by atoms with van der Waals surface area (Å²) in [5.41, 5.74) is -0.550. The molecule has 1 aromatic heterocycles. The van der Waals surface area contributed by atoms with E-state index in [1.54, 1.807) is 0 Å². The van der Waals surface area contributed by atoms with Gasteiger partial charge in [-0.05, 0) is 38.5 Å². The molecule has 0 unspecified atom stereocenters. The highest BCUT2D eigenvalue weighted by Crippen LogP contribution is 2.32. The van der Waals surface area contributed by atoms with Crippen LogP contribution in [0.1, 0.15) is 37.6 Å². The van der Waals surface area contributed by atoms with Gasteiger partial charge in [0.25, 0.3) is 0 Å². The fraction of sp³-hybridized carbons (Fsp3) is 0.818. The first kappa shape index (κ1) is 11.8. The van der Waals surface area contributed by atoms with Gasteiger partial charge in [-0.2, -0.15) is 0 Å². The smallest absolute Gasteiger partial charge is 0.205 e.